The van der Waals surface area contributed by atoms with Crippen molar-refractivity contribution in [1.82, 2.24) is 5.32 Å². The molecule has 0 bridgehead atoms. The van der Waals surface area contributed by atoms with E-state index in [-0.39, 0.29) is 0 Å². The van der Waals surface area contributed by atoms with Crippen molar-refractivity contribution >= 4 is 7.28 Å². The van der Waals surface area contributed by atoms with Crippen LogP contribution >= 0.6 is 0 Å². The van der Waals surface area contributed by atoms with Gasteiger partial charge in [0, 0.05) is 0 Å². The van der Waals surface area contributed by atoms with Crippen LogP contribution in [-0.2, 0) is 0 Å². The third-order valence-corrected chi connectivity index (χ3v) is 3.94. The van der Waals surface area contributed by atoms with Gasteiger partial charge in [0.05, 0.1) is 0 Å². The van der Waals surface area contributed by atoms with Crippen LogP contribution in [0.1, 0.15) is 39.5 Å². The number of nitrogens with one attached hydrogen (secondary N) is 1. The molecular weight excluding hydrogens is 169 g/mol. The highest BCUT2D eigenvalue weighted by atomic mass is 14.9. The fourth-order valence-corrected chi connectivity index (χ4v) is 3.29. The van der Waals surface area contributed by atoms with Crippen LogP contribution in [0.25, 0.3) is 0 Å². The van der Waals surface area contributed by atoms with Crippen LogP contribution in [0.5, 0.6) is 0 Å². The second-order valence-corrected chi connectivity index (χ2v) is 5.52. The predicted octanol–water partition coefficient (Wildman–Crippen LogP) is 2.72. The Morgan fingerprint density at radius 1 is 1.14 bits per heavy atom. The Bertz CT molecular complexity index is 181. The van der Waals surface area contributed by atoms with Gasteiger partial charge < -0.3 is 5.32 Å². The molecule has 0 aromatic rings. The summed E-state index contributed by atoms with van der Waals surface area (Å²) >= 11 is 0. The van der Waals surface area contributed by atoms with Gasteiger partial charge in [0.25, 0.3) is 0 Å². The van der Waals surface area contributed by atoms with Crippen LogP contribution in [0.4, 0.5) is 0 Å². The number of rotatable bonds is 2. The van der Waals surface area contributed by atoms with Gasteiger partial charge >= 0.3 is 0 Å². The fourth-order valence-electron chi connectivity index (χ4n) is 3.29. The van der Waals surface area contributed by atoms with Crippen molar-refractivity contribution in [1.29, 1.82) is 0 Å². The molecule has 0 spiro atoms. The summed E-state index contributed by atoms with van der Waals surface area (Å²) in [6.07, 6.45) is 5.83. The number of hydrogen-bond acceptors (Lipinski definition) is 1. The maximum atomic E-state index is 3.54. The Kier molecular flexibility index (Phi) is 3.54. The molecule has 2 rings (SSSR count). The average Bonchev–Trinajstić information content (AvgIpc) is 2.17. The van der Waals surface area contributed by atoms with Gasteiger partial charge in [-0.25, -0.2) is 0 Å². The molecular formula is C12H23BN. The molecule has 2 aliphatic rings. The molecule has 0 amide bonds. The minimum absolute atomic E-state index is 0.771. The zero-order valence-electron chi connectivity index (χ0n) is 9.63. The summed E-state index contributed by atoms with van der Waals surface area (Å²) in [6, 6.07) is 0. The summed E-state index contributed by atoms with van der Waals surface area (Å²) in [5, 5.41) is 3.54. The predicted molar refractivity (Wildman–Crippen MR) is 62.9 cm³/mol. The van der Waals surface area contributed by atoms with Crippen molar-refractivity contribution in [2.24, 2.45) is 11.8 Å². The van der Waals surface area contributed by atoms with Gasteiger partial charge in [0.2, 0.25) is 0 Å². The van der Waals surface area contributed by atoms with Gasteiger partial charge in [-0.05, 0) is 31.3 Å². The lowest BCUT2D eigenvalue weighted by molar-refractivity contribution is 0.185. The Morgan fingerprint density at radius 3 is 2.79 bits per heavy atom. The molecule has 2 heteroatoms. The summed E-state index contributed by atoms with van der Waals surface area (Å²) in [6.45, 7) is 7.17. The van der Waals surface area contributed by atoms with Crippen molar-refractivity contribution in [2.45, 2.75) is 51.2 Å². The van der Waals surface area contributed by atoms with E-state index in [0.29, 0.717) is 0 Å². The van der Waals surface area contributed by atoms with E-state index in [1.165, 1.54) is 38.8 Å². The molecule has 2 fully saturated rings. The van der Waals surface area contributed by atoms with E-state index in [0.717, 1.165) is 23.5 Å². The molecule has 0 aromatic carbocycles. The summed E-state index contributed by atoms with van der Waals surface area (Å²) in [7, 11) is 2.57. The third kappa shape index (κ3) is 2.53. The van der Waals surface area contributed by atoms with Crippen LogP contribution in [0.3, 0.4) is 0 Å². The van der Waals surface area contributed by atoms with Crippen molar-refractivity contribution in [3.63, 3.8) is 0 Å². The van der Waals surface area contributed by atoms with Crippen molar-refractivity contribution in [3.8, 4) is 0 Å². The molecule has 79 valence electrons. The van der Waals surface area contributed by atoms with Crippen molar-refractivity contribution in [2.75, 3.05) is 13.1 Å². The highest BCUT2D eigenvalue weighted by molar-refractivity contribution is 6.39. The quantitative estimate of drug-likeness (QED) is 0.663. The lowest BCUT2D eigenvalue weighted by Gasteiger charge is -2.40. The monoisotopic (exact) mass is 192 g/mol. The van der Waals surface area contributed by atoms with Crippen LogP contribution in [0.2, 0.25) is 11.6 Å². The fraction of sp³-hybridized carbons (Fsp3) is 1.00. The van der Waals surface area contributed by atoms with Crippen LogP contribution in [0.15, 0.2) is 0 Å². The van der Waals surface area contributed by atoms with Gasteiger partial charge in [-0.3, -0.25) is 0 Å². The first kappa shape index (κ1) is 10.5. The van der Waals surface area contributed by atoms with Gasteiger partial charge in [-0.15, -0.1) is 0 Å². The molecule has 3 unspecified atom stereocenters. The van der Waals surface area contributed by atoms with E-state index in [9.17, 15) is 0 Å². The maximum Gasteiger partial charge on any atom is 0.117 e. The van der Waals surface area contributed by atoms with Gasteiger partial charge in [-0.2, -0.15) is 0 Å². The van der Waals surface area contributed by atoms with E-state index in [1.807, 2.05) is 0 Å². The number of fused-ring (bicyclic) bond motifs is 1. The lowest BCUT2D eigenvalue weighted by atomic mass is 9.50. The second-order valence-electron chi connectivity index (χ2n) is 5.52. The summed E-state index contributed by atoms with van der Waals surface area (Å²) < 4.78 is 0. The van der Waals surface area contributed by atoms with E-state index in [1.54, 1.807) is 0 Å². The Morgan fingerprint density at radius 2 is 2.00 bits per heavy atom. The third-order valence-electron chi connectivity index (χ3n) is 3.94. The summed E-state index contributed by atoms with van der Waals surface area (Å²) in [5.41, 5.74) is 0. The van der Waals surface area contributed by atoms with E-state index in [2.05, 4.69) is 26.4 Å². The number of piperidine rings is 1. The highest BCUT2D eigenvalue weighted by Crippen LogP contribution is 2.40. The van der Waals surface area contributed by atoms with Crippen LogP contribution in [0, 0.1) is 11.8 Å². The molecule has 1 aliphatic heterocycles. The van der Waals surface area contributed by atoms with Crippen LogP contribution in [-0.4, -0.2) is 20.4 Å². The lowest BCUT2D eigenvalue weighted by Crippen LogP contribution is -2.40. The first-order chi connectivity index (χ1) is 6.75. The zero-order valence-corrected chi connectivity index (χ0v) is 9.63. The van der Waals surface area contributed by atoms with Crippen molar-refractivity contribution in [3.05, 3.63) is 0 Å². The zero-order chi connectivity index (χ0) is 9.97. The molecule has 0 aromatic heterocycles. The summed E-state index contributed by atoms with van der Waals surface area (Å²) in [4.78, 5) is 0. The molecule has 1 radical (unpaired) electrons. The van der Waals surface area contributed by atoms with Gasteiger partial charge in [0.1, 0.15) is 7.28 Å². The molecule has 1 saturated heterocycles. The smallest absolute Gasteiger partial charge is 0.117 e. The SMILES string of the molecule is CC(C)[B]C1CCC2CCNCC2C1. The van der Waals surface area contributed by atoms with E-state index >= 15 is 0 Å². The number of hydrogen-bond donors (Lipinski definition) is 1. The average molecular weight is 192 g/mol. The topological polar surface area (TPSA) is 12.0 Å². The standard InChI is InChI=1S/C12H23BN/c1-9(2)13-12-4-3-10-5-6-14-8-11(10)7-12/h9-12,14H,3-8H2,1-2H3. The van der Waals surface area contributed by atoms with E-state index in [4.69, 9.17) is 0 Å². The second kappa shape index (κ2) is 4.70. The van der Waals surface area contributed by atoms with Gasteiger partial charge in [0.15, 0.2) is 0 Å². The van der Waals surface area contributed by atoms with Gasteiger partial charge in [-0.1, -0.05) is 44.7 Å². The normalized spacial score (nSPS) is 38.1. The van der Waals surface area contributed by atoms with Crippen LogP contribution < -0.4 is 5.32 Å². The summed E-state index contributed by atoms with van der Waals surface area (Å²) in [5.74, 6) is 3.72. The molecule has 1 nitrogen and oxygen atoms in total. The Balaban J connectivity index is 1.83. The van der Waals surface area contributed by atoms with E-state index < -0.39 is 0 Å². The molecule has 1 aliphatic carbocycles. The molecule has 14 heavy (non-hydrogen) atoms. The minimum atomic E-state index is 0.771. The largest absolute Gasteiger partial charge is 0.316 e. The first-order valence-corrected chi connectivity index (χ1v) is 6.31. The molecule has 3 atom stereocenters. The minimum Gasteiger partial charge on any atom is -0.316 e. The molecule has 1 N–H and O–H groups in total. The first-order valence-electron chi connectivity index (χ1n) is 6.31. The Labute approximate surface area is 89.3 Å². The highest BCUT2D eigenvalue weighted by Gasteiger charge is 2.32. The maximum absolute atomic E-state index is 3.54. The molecule has 1 saturated carbocycles. The van der Waals surface area contributed by atoms with Crippen molar-refractivity contribution < 1.29 is 0 Å². The molecule has 1 heterocycles. The Hall–Kier alpha value is 0.0249.